The number of nitrogens with one attached hydrogen (secondary N) is 1. The van der Waals surface area contributed by atoms with Crippen molar-refractivity contribution in [2.45, 2.75) is 13.3 Å². The minimum atomic E-state index is -0.896. The number of halogens is 1. The third kappa shape index (κ3) is 4.25. The molecule has 1 aliphatic rings. The van der Waals surface area contributed by atoms with Gasteiger partial charge in [0.05, 0.1) is 16.1 Å². The molecule has 34 heavy (non-hydrogen) atoms. The van der Waals surface area contributed by atoms with Crippen LogP contribution in [0, 0.1) is 0 Å². The summed E-state index contributed by atoms with van der Waals surface area (Å²) in [4.78, 5) is 62.2. The second kappa shape index (κ2) is 9.41. The number of ether oxygens (including phenoxy) is 1. The Bertz CT molecular complexity index is 1360. The molecule has 0 fully saturated rings. The fourth-order valence-corrected chi connectivity index (χ4v) is 3.91. The highest BCUT2D eigenvalue weighted by Crippen LogP contribution is 2.34. The van der Waals surface area contributed by atoms with E-state index in [2.05, 4.69) is 5.32 Å². The molecule has 1 amide bonds. The number of benzene rings is 3. The van der Waals surface area contributed by atoms with E-state index in [1.807, 2.05) is 0 Å². The molecular weight excluding hydrogens is 458 g/mol. The minimum absolute atomic E-state index is 0.0594. The monoisotopic (exact) mass is 475 g/mol. The van der Waals surface area contributed by atoms with E-state index in [1.165, 1.54) is 30.3 Å². The molecule has 170 valence electrons. The summed E-state index contributed by atoms with van der Waals surface area (Å²) >= 11 is 6.36. The first kappa shape index (κ1) is 23.1. The molecule has 4 rings (SSSR count). The summed E-state index contributed by atoms with van der Waals surface area (Å²) in [7, 11) is 0. The minimum Gasteiger partial charge on any atom is -0.454 e. The Morgan fingerprint density at radius 1 is 0.853 bits per heavy atom. The van der Waals surface area contributed by atoms with Crippen LogP contribution in [0.15, 0.2) is 60.7 Å². The van der Waals surface area contributed by atoms with Crippen molar-refractivity contribution in [3.63, 3.8) is 0 Å². The van der Waals surface area contributed by atoms with Gasteiger partial charge in [0.15, 0.2) is 24.0 Å². The topological polar surface area (TPSA) is 107 Å². The van der Waals surface area contributed by atoms with Gasteiger partial charge in [-0.25, -0.2) is 4.79 Å². The Balaban J connectivity index is 1.49. The average Bonchev–Trinajstić information content (AvgIpc) is 2.85. The molecule has 7 nitrogen and oxygen atoms in total. The fraction of sp³-hybridized carbons (Fsp3) is 0.115. The lowest BCUT2D eigenvalue weighted by Crippen LogP contribution is -2.23. The van der Waals surface area contributed by atoms with Gasteiger partial charge in [0.1, 0.15) is 0 Å². The first-order chi connectivity index (χ1) is 16.3. The molecule has 0 spiro atoms. The van der Waals surface area contributed by atoms with Crippen molar-refractivity contribution in [3.8, 4) is 0 Å². The van der Waals surface area contributed by atoms with Crippen LogP contribution in [0.25, 0.3) is 0 Å². The van der Waals surface area contributed by atoms with Gasteiger partial charge in [-0.1, -0.05) is 42.8 Å². The summed E-state index contributed by atoms with van der Waals surface area (Å²) in [6.45, 7) is 1.17. The van der Waals surface area contributed by atoms with E-state index in [1.54, 1.807) is 37.3 Å². The molecule has 0 saturated heterocycles. The van der Waals surface area contributed by atoms with Crippen LogP contribution in [0.1, 0.15) is 65.9 Å². The van der Waals surface area contributed by atoms with E-state index in [9.17, 15) is 24.0 Å². The van der Waals surface area contributed by atoms with Gasteiger partial charge >= 0.3 is 5.97 Å². The lowest BCUT2D eigenvalue weighted by atomic mass is 9.83. The first-order valence-electron chi connectivity index (χ1n) is 10.4. The standard InChI is InChI=1S/C26H18ClNO6/c1-2-21(30)28-15-9-7-14(8-10-15)20(29)13-34-26(33)19-12-11-18-22(23(19)27)25(32)17-6-4-3-5-16(17)24(18)31/h3-12H,2,13H2,1H3,(H,28,30). The van der Waals surface area contributed by atoms with Crippen molar-refractivity contribution in [2.24, 2.45) is 0 Å². The number of anilines is 1. The lowest BCUT2D eigenvalue weighted by molar-refractivity contribution is -0.115. The molecular formula is C26H18ClNO6. The fourth-order valence-electron chi connectivity index (χ4n) is 3.58. The molecule has 0 saturated carbocycles. The van der Waals surface area contributed by atoms with Crippen molar-refractivity contribution in [3.05, 3.63) is 99.1 Å². The molecule has 0 aromatic heterocycles. The average molecular weight is 476 g/mol. The quantitative estimate of drug-likeness (QED) is 0.325. The normalized spacial score (nSPS) is 11.9. The highest BCUT2D eigenvalue weighted by Gasteiger charge is 2.33. The Hall–Kier alpha value is -4.10. The molecule has 1 N–H and O–H groups in total. The molecule has 0 bridgehead atoms. The van der Waals surface area contributed by atoms with Crippen molar-refractivity contribution in [1.82, 2.24) is 0 Å². The zero-order valence-corrected chi connectivity index (χ0v) is 18.8. The van der Waals surface area contributed by atoms with Gasteiger partial charge in [0.2, 0.25) is 5.91 Å². The van der Waals surface area contributed by atoms with E-state index >= 15 is 0 Å². The van der Waals surface area contributed by atoms with Crippen LogP contribution < -0.4 is 5.32 Å². The zero-order valence-electron chi connectivity index (χ0n) is 18.0. The van der Waals surface area contributed by atoms with Crippen LogP contribution in [0.4, 0.5) is 5.69 Å². The molecule has 0 aliphatic heterocycles. The number of ketones is 3. The van der Waals surface area contributed by atoms with Gasteiger partial charge in [-0.3, -0.25) is 19.2 Å². The van der Waals surface area contributed by atoms with Crippen LogP contribution in [-0.4, -0.2) is 35.8 Å². The largest absolute Gasteiger partial charge is 0.454 e. The summed E-state index contributed by atoms with van der Waals surface area (Å²) in [5, 5.41) is 2.48. The maximum Gasteiger partial charge on any atom is 0.340 e. The third-order valence-corrected chi connectivity index (χ3v) is 5.79. The van der Waals surface area contributed by atoms with E-state index < -0.39 is 24.1 Å². The second-order valence-electron chi connectivity index (χ2n) is 7.53. The van der Waals surface area contributed by atoms with Crippen LogP contribution in [0.5, 0.6) is 0 Å². The molecule has 3 aromatic rings. The number of carbonyl (C=O) groups excluding carboxylic acids is 5. The van der Waals surface area contributed by atoms with Crippen LogP contribution in [-0.2, 0) is 9.53 Å². The molecule has 0 unspecified atom stereocenters. The second-order valence-corrected chi connectivity index (χ2v) is 7.91. The van der Waals surface area contributed by atoms with Crippen molar-refractivity contribution >= 4 is 46.5 Å². The summed E-state index contributed by atoms with van der Waals surface area (Å²) in [5.41, 5.74) is 1.25. The number of carbonyl (C=O) groups is 5. The van der Waals surface area contributed by atoms with Gasteiger partial charge < -0.3 is 10.1 Å². The third-order valence-electron chi connectivity index (χ3n) is 5.40. The van der Waals surface area contributed by atoms with Gasteiger partial charge in [0, 0.05) is 34.4 Å². The number of fused-ring (bicyclic) bond motifs is 2. The Morgan fingerprint density at radius 2 is 1.50 bits per heavy atom. The maximum absolute atomic E-state index is 12.9. The van der Waals surface area contributed by atoms with Crippen LogP contribution in [0.2, 0.25) is 5.02 Å². The first-order valence-corrected chi connectivity index (χ1v) is 10.8. The molecule has 3 aromatic carbocycles. The number of rotatable bonds is 6. The predicted molar refractivity (Wildman–Crippen MR) is 125 cm³/mol. The van der Waals surface area contributed by atoms with Gasteiger partial charge in [-0.15, -0.1) is 0 Å². The highest BCUT2D eigenvalue weighted by molar-refractivity contribution is 6.41. The molecule has 0 atom stereocenters. The smallest absolute Gasteiger partial charge is 0.340 e. The maximum atomic E-state index is 12.9. The number of esters is 1. The summed E-state index contributed by atoms with van der Waals surface area (Å²) in [6, 6.07) is 15.2. The zero-order chi connectivity index (χ0) is 24.4. The van der Waals surface area contributed by atoms with E-state index in [0.29, 0.717) is 12.1 Å². The SMILES string of the molecule is CCC(=O)Nc1ccc(C(=O)COC(=O)c2ccc3c(c2Cl)C(=O)c2ccccc2C3=O)cc1. The van der Waals surface area contributed by atoms with Crippen molar-refractivity contribution < 1.29 is 28.7 Å². The van der Waals surface area contributed by atoms with E-state index in [0.717, 1.165) is 0 Å². The number of amides is 1. The van der Waals surface area contributed by atoms with Crippen LogP contribution in [0.3, 0.4) is 0 Å². The van der Waals surface area contributed by atoms with Crippen molar-refractivity contribution in [2.75, 3.05) is 11.9 Å². The summed E-state index contributed by atoms with van der Waals surface area (Å²) < 4.78 is 5.12. The highest BCUT2D eigenvalue weighted by atomic mass is 35.5. The van der Waals surface area contributed by atoms with Gasteiger partial charge in [-0.05, 0) is 36.4 Å². The molecule has 8 heteroatoms. The summed E-state index contributed by atoms with van der Waals surface area (Å²) in [6.07, 6.45) is 0.328. The molecule has 0 heterocycles. The predicted octanol–water partition coefficient (Wildman–Crippen LogP) is 4.50. The number of hydrogen-bond acceptors (Lipinski definition) is 6. The van der Waals surface area contributed by atoms with Crippen molar-refractivity contribution in [1.29, 1.82) is 0 Å². The number of Topliss-reactive ketones (excluding diaryl/α,β-unsaturated/α-hetero) is 1. The molecule has 0 radical (unpaired) electrons. The lowest BCUT2D eigenvalue weighted by Gasteiger charge is -2.19. The Kier molecular flexibility index (Phi) is 6.38. The van der Waals surface area contributed by atoms with E-state index in [4.69, 9.17) is 16.3 Å². The van der Waals surface area contributed by atoms with Gasteiger partial charge in [-0.2, -0.15) is 0 Å². The Morgan fingerprint density at radius 3 is 2.15 bits per heavy atom. The summed E-state index contributed by atoms with van der Waals surface area (Å²) in [5.74, 6) is -2.33. The van der Waals surface area contributed by atoms with Gasteiger partial charge in [0.25, 0.3) is 0 Å². The Labute approximate surface area is 199 Å². The molecule has 1 aliphatic carbocycles. The van der Waals surface area contributed by atoms with E-state index in [-0.39, 0.29) is 50.1 Å². The van der Waals surface area contributed by atoms with Crippen LogP contribution >= 0.6 is 11.6 Å². The number of hydrogen-bond donors (Lipinski definition) is 1.